The molecule has 1 aliphatic heterocycles. The number of likely N-dealkylation sites (tertiary alicyclic amines) is 1. The van der Waals surface area contributed by atoms with Crippen molar-refractivity contribution in [1.82, 2.24) is 4.90 Å². The number of halogens is 3. The molecular weight excluding hydrogens is 439 g/mol. The number of benzene rings is 2. The summed E-state index contributed by atoms with van der Waals surface area (Å²) in [5.41, 5.74) is -1.11. The normalized spacial score (nSPS) is 17.3. The zero-order valence-corrected chi connectivity index (χ0v) is 18.2. The second kappa shape index (κ2) is 8.97. The van der Waals surface area contributed by atoms with E-state index >= 15 is 0 Å². The Hall–Kier alpha value is -3.20. The fraction of sp³-hybridized carbons (Fsp3) is 0.375. The van der Waals surface area contributed by atoms with Gasteiger partial charge in [-0.3, -0.25) is 9.69 Å². The van der Waals surface area contributed by atoms with Crippen LogP contribution in [-0.2, 0) is 12.7 Å². The molecule has 0 radical (unpaired) electrons. The molecular formula is C24H24F3NO5. The van der Waals surface area contributed by atoms with Gasteiger partial charge in [0.25, 0.3) is 5.76 Å². The maximum atomic E-state index is 13.9. The van der Waals surface area contributed by atoms with E-state index in [4.69, 9.17) is 13.9 Å². The number of fused-ring (bicyclic) bond motifs is 1. The number of hydrogen-bond acceptors (Lipinski definition) is 6. The Morgan fingerprint density at radius 1 is 1.18 bits per heavy atom. The average molecular weight is 463 g/mol. The Labute approximate surface area is 188 Å². The fourth-order valence-corrected chi connectivity index (χ4v) is 4.10. The van der Waals surface area contributed by atoms with Crippen molar-refractivity contribution in [3.8, 4) is 23.0 Å². The summed E-state index contributed by atoms with van der Waals surface area (Å²) in [7, 11) is 1.40. The fourth-order valence-electron chi connectivity index (χ4n) is 4.10. The molecule has 3 aromatic rings. The summed E-state index contributed by atoms with van der Waals surface area (Å²) in [5.74, 6) is -2.40. The van der Waals surface area contributed by atoms with Crippen LogP contribution in [0.1, 0.15) is 37.5 Å². The molecule has 176 valence electrons. The molecule has 2 heterocycles. The number of rotatable bonds is 5. The van der Waals surface area contributed by atoms with Crippen molar-refractivity contribution >= 4 is 11.0 Å². The van der Waals surface area contributed by atoms with Gasteiger partial charge in [-0.25, -0.2) is 0 Å². The van der Waals surface area contributed by atoms with Gasteiger partial charge in [-0.15, -0.1) is 0 Å². The second-order valence-electron chi connectivity index (χ2n) is 8.12. The minimum Gasteiger partial charge on any atom is -0.507 e. The van der Waals surface area contributed by atoms with E-state index in [0.29, 0.717) is 5.75 Å². The number of nitrogens with zero attached hydrogens (tertiary/aromatic N) is 1. The van der Waals surface area contributed by atoms with E-state index in [1.54, 1.807) is 6.07 Å². The number of phenols is 1. The van der Waals surface area contributed by atoms with Crippen LogP contribution in [0.15, 0.2) is 45.6 Å². The summed E-state index contributed by atoms with van der Waals surface area (Å²) in [5, 5.41) is 10.4. The van der Waals surface area contributed by atoms with Crippen molar-refractivity contribution in [2.45, 2.75) is 44.9 Å². The first-order valence-electron chi connectivity index (χ1n) is 10.6. The lowest BCUT2D eigenvalue weighted by atomic mass is 10.0. The van der Waals surface area contributed by atoms with Gasteiger partial charge in [-0.2, -0.15) is 13.2 Å². The average Bonchev–Trinajstić information content (AvgIpc) is 2.78. The molecule has 4 rings (SSSR count). The van der Waals surface area contributed by atoms with Crippen LogP contribution in [0.3, 0.4) is 0 Å². The van der Waals surface area contributed by atoms with Crippen molar-refractivity contribution < 1.29 is 32.2 Å². The first kappa shape index (κ1) is 23.0. The quantitative estimate of drug-likeness (QED) is 0.524. The van der Waals surface area contributed by atoms with Gasteiger partial charge >= 0.3 is 6.18 Å². The van der Waals surface area contributed by atoms with Crippen LogP contribution in [0, 0.1) is 0 Å². The molecule has 1 atom stereocenters. The van der Waals surface area contributed by atoms with E-state index in [-0.39, 0.29) is 40.6 Å². The Morgan fingerprint density at radius 3 is 2.64 bits per heavy atom. The molecule has 1 N–H and O–H groups in total. The first-order chi connectivity index (χ1) is 15.7. The predicted molar refractivity (Wildman–Crippen MR) is 116 cm³/mol. The van der Waals surface area contributed by atoms with Gasteiger partial charge < -0.3 is 19.0 Å². The Morgan fingerprint density at radius 2 is 1.94 bits per heavy atom. The Kier molecular flexibility index (Phi) is 6.25. The highest BCUT2D eigenvalue weighted by molar-refractivity contribution is 5.83. The summed E-state index contributed by atoms with van der Waals surface area (Å²) in [4.78, 5) is 15.2. The molecule has 0 spiro atoms. The van der Waals surface area contributed by atoms with E-state index in [2.05, 4.69) is 4.90 Å². The molecule has 0 amide bonds. The van der Waals surface area contributed by atoms with E-state index in [1.807, 2.05) is 6.92 Å². The SMILES string of the molecule is COc1cccc(Oc2c(C(F)(F)F)oc3c(CN4CCCC[C@H]4C)c(O)ccc3c2=O)c1. The van der Waals surface area contributed by atoms with Crippen molar-refractivity contribution in [1.29, 1.82) is 0 Å². The van der Waals surface area contributed by atoms with E-state index in [1.165, 1.54) is 37.4 Å². The zero-order valence-electron chi connectivity index (χ0n) is 18.2. The Bertz CT molecular complexity index is 1220. The summed E-state index contributed by atoms with van der Waals surface area (Å²) < 4.78 is 57.6. The van der Waals surface area contributed by atoms with Crippen LogP contribution in [-0.4, -0.2) is 29.7 Å². The number of alkyl halides is 3. The monoisotopic (exact) mass is 463 g/mol. The predicted octanol–water partition coefficient (Wildman–Crippen LogP) is 5.69. The number of hydrogen-bond donors (Lipinski definition) is 1. The molecule has 6 nitrogen and oxygen atoms in total. The first-order valence-corrected chi connectivity index (χ1v) is 10.6. The molecule has 1 saturated heterocycles. The maximum Gasteiger partial charge on any atom is 0.453 e. The van der Waals surface area contributed by atoms with Gasteiger partial charge in [0.1, 0.15) is 22.8 Å². The highest BCUT2D eigenvalue weighted by Gasteiger charge is 2.41. The lowest BCUT2D eigenvalue weighted by Crippen LogP contribution is -2.36. The molecule has 0 unspecified atom stereocenters. The second-order valence-corrected chi connectivity index (χ2v) is 8.12. The zero-order chi connectivity index (χ0) is 23.8. The van der Waals surface area contributed by atoms with Crippen LogP contribution < -0.4 is 14.9 Å². The molecule has 2 aromatic carbocycles. The van der Waals surface area contributed by atoms with Gasteiger partial charge in [0.05, 0.1) is 18.1 Å². The van der Waals surface area contributed by atoms with Gasteiger partial charge in [-0.1, -0.05) is 12.5 Å². The van der Waals surface area contributed by atoms with Crippen molar-refractivity contribution in [2.24, 2.45) is 0 Å². The summed E-state index contributed by atoms with van der Waals surface area (Å²) in [6.07, 6.45) is -2.03. The van der Waals surface area contributed by atoms with Crippen molar-refractivity contribution in [3.63, 3.8) is 0 Å². The van der Waals surface area contributed by atoms with Crippen LogP contribution in [0.5, 0.6) is 23.0 Å². The van der Waals surface area contributed by atoms with Gasteiger partial charge in [0.2, 0.25) is 11.2 Å². The smallest absolute Gasteiger partial charge is 0.453 e. The molecule has 33 heavy (non-hydrogen) atoms. The summed E-state index contributed by atoms with van der Waals surface area (Å²) in [6.45, 7) is 2.93. The highest BCUT2D eigenvalue weighted by atomic mass is 19.4. The maximum absolute atomic E-state index is 13.9. The molecule has 0 bridgehead atoms. The number of aromatic hydroxyl groups is 1. The van der Waals surface area contributed by atoms with Crippen molar-refractivity contribution in [3.05, 3.63) is 57.9 Å². The van der Waals surface area contributed by atoms with Crippen LogP contribution in [0.25, 0.3) is 11.0 Å². The van der Waals surface area contributed by atoms with E-state index < -0.39 is 23.1 Å². The van der Waals surface area contributed by atoms with Gasteiger partial charge in [0.15, 0.2) is 0 Å². The van der Waals surface area contributed by atoms with Gasteiger partial charge in [0, 0.05) is 18.7 Å². The molecule has 0 aliphatic carbocycles. The minimum atomic E-state index is -5.00. The Balaban J connectivity index is 1.87. The summed E-state index contributed by atoms with van der Waals surface area (Å²) >= 11 is 0. The minimum absolute atomic E-state index is 0.00681. The topological polar surface area (TPSA) is 72.1 Å². The number of phenolic OH excluding ortho intramolecular Hbond substituents is 1. The number of ether oxygens (including phenoxy) is 2. The van der Waals surface area contributed by atoms with E-state index in [0.717, 1.165) is 25.8 Å². The van der Waals surface area contributed by atoms with Gasteiger partial charge in [-0.05, 0) is 50.6 Å². The lowest BCUT2D eigenvalue weighted by molar-refractivity contribution is -0.154. The third-order valence-electron chi connectivity index (χ3n) is 5.92. The third kappa shape index (κ3) is 4.64. The van der Waals surface area contributed by atoms with E-state index in [9.17, 15) is 23.1 Å². The third-order valence-corrected chi connectivity index (χ3v) is 5.92. The lowest BCUT2D eigenvalue weighted by Gasteiger charge is -2.33. The highest BCUT2D eigenvalue weighted by Crippen LogP contribution is 2.40. The largest absolute Gasteiger partial charge is 0.507 e. The molecule has 9 heteroatoms. The standard InChI is InChI=1S/C24H24F3NO5/c1-14-6-3-4-11-28(14)13-18-19(29)10-9-17-20(30)22(23(24(25,26)27)33-21(17)18)32-16-8-5-7-15(12-16)31-2/h5,7-10,12,14,29H,3-4,6,11,13H2,1-2H3/t14-/m1/s1. The summed E-state index contributed by atoms with van der Waals surface area (Å²) in [6, 6.07) is 8.63. The molecule has 1 aliphatic rings. The molecule has 1 fully saturated rings. The van der Waals surface area contributed by atoms with Crippen LogP contribution in [0.2, 0.25) is 0 Å². The number of piperidine rings is 1. The van der Waals surface area contributed by atoms with Crippen LogP contribution in [0.4, 0.5) is 13.2 Å². The number of methoxy groups -OCH3 is 1. The van der Waals surface area contributed by atoms with Crippen molar-refractivity contribution in [2.75, 3.05) is 13.7 Å². The molecule has 0 saturated carbocycles. The van der Waals surface area contributed by atoms with Crippen LogP contribution >= 0.6 is 0 Å². The molecule has 1 aromatic heterocycles.